The van der Waals surface area contributed by atoms with Gasteiger partial charge in [0.1, 0.15) is 15.7 Å². The fourth-order valence-corrected chi connectivity index (χ4v) is 4.00. The van der Waals surface area contributed by atoms with Crippen LogP contribution in [0, 0.1) is 11.7 Å². The molecule has 1 fully saturated rings. The molecule has 0 aliphatic heterocycles. The number of rotatable bonds is 4. The molecule has 21 heavy (non-hydrogen) atoms. The molecule has 1 aliphatic rings. The van der Waals surface area contributed by atoms with Gasteiger partial charge in [0.15, 0.2) is 0 Å². The molecule has 1 aromatic carbocycles. The predicted octanol–water partition coefficient (Wildman–Crippen LogP) is 1.95. The summed E-state index contributed by atoms with van der Waals surface area (Å²) in [7, 11) is -1.03. The van der Waals surface area contributed by atoms with Crippen LogP contribution in [-0.2, 0) is 16.9 Å². The van der Waals surface area contributed by atoms with Gasteiger partial charge in [-0.05, 0) is 30.9 Å². The molecule has 3 rings (SSSR count). The van der Waals surface area contributed by atoms with E-state index in [9.17, 15) is 12.8 Å². The summed E-state index contributed by atoms with van der Waals surface area (Å²) in [6, 6.07) is 4.52. The third-order valence-corrected chi connectivity index (χ3v) is 5.79. The van der Waals surface area contributed by atoms with Crippen LogP contribution in [0.25, 0.3) is 11.0 Å². The molecule has 2 aromatic rings. The van der Waals surface area contributed by atoms with Gasteiger partial charge in [0.05, 0.1) is 16.3 Å². The van der Waals surface area contributed by atoms with E-state index >= 15 is 0 Å². The van der Waals surface area contributed by atoms with E-state index in [2.05, 4.69) is 10.3 Å². The van der Waals surface area contributed by atoms with E-state index in [-0.39, 0.29) is 11.1 Å². The van der Waals surface area contributed by atoms with Crippen LogP contribution >= 0.6 is 0 Å². The number of sulfone groups is 1. The second-order valence-electron chi connectivity index (χ2n) is 5.80. The van der Waals surface area contributed by atoms with Crippen molar-refractivity contribution >= 4 is 26.8 Å². The zero-order valence-corrected chi connectivity index (χ0v) is 12.8. The molecule has 1 aromatic heterocycles. The summed E-state index contributed by atoms with van der Waals surface area (Å²) in [5.74, 6) is 0.724. The van der Waals surface area contributed by atoms with Crippen molar-refractivity contribution in [2.45, 2.75) is 18.1 Å². The van der Waals surface area contributed by atoms with Crippen LogP contribution in [-0.4, -0.2) is 36.0 Å². The highest BCUT2D eigenvalue weighted by molar-refractivity contribution is 7.91. The fourth-order valence-electron chi connectivity index (χ4n) is 2.76. The number of benzene rings is 1. The Labute approximate surface area is 123 Å². The van der Waals surface area contributed by atoms with E-state index in [4.69, 9.17) is 0 Å². The van der Waals surface area contributed by atoms with Crippen LogP contribution in [0.15, 0.2) is 18.2 Å². The average molecular weight is 311 g/mol. The minimum atomic E-state index is -2.91. The summed E-state index contributed by atoms with van der Waals surface area (Å²) in [5, 5.41) is 3.03. The van der Waals surface area contributed by atoms with Crippen molar-refractivity contribution in [1.82, 2.24) is 9.55 Å². The summed E-state index contributed by atoms with van der Waals surface area (Å²) in [6.07, 6.45) is 2.69. The first-order chi connectivity index (χ1) is 9.84. The molecule has 7 heteroatoms. The lowest BCUT2D eigenvalue weighted by Gasteiger charge is -2.33. The maximum absolute atomic E-state index is 13.2. The molecule has 114 valence electrons. The second-order valence-corrected chi connectivity index (χ2v) is 8.12. The van der Waals surface area contributed by atoms with Crippen LogP contribution in [0.1, 0.15) is 12.8 Å². The first-order valence-corrected chi connectivity index (χ1v) is 8.85. The summed E-state index contributed by atoms with van der Waals surface area (Å²) in [4.78, 5) is 4.36. The van der Waals surface area contributed by atoms with Crippen LogP contribution < -0.4 is 5.32 Å². The molecule has 1 heterocycles. The van der Waals surface area contributed by atoms with E-state index in [1.54, 1.807) is 6.07 Å². The van der Waals surface area contributed by atoms with Crippen molar-refractivity contribution in [2.24, 2.45) is 13.0 Å². The number of hydrogen-bond acceptors (Lipinski definition) is 4. The van der Waals surface area contributed by atoms with Crippen molar-refractivity contribution in [3.05, 3.63) is 24.0 Å². The van der Waals surface area contributed by atoms with Gasteiger partial charge in [0.2, 0.25) is 5.95 Å². The Morgan fingerprint density at radius 1 is 1.43 bits per heavy atom. The smallest absolute Gasteiger partial charge is 0.203 e. The van der Waals surface area contributed by atoms with Crippen molar-refractivity contribution in [3.63, 3.8) is 0 Å². The van der Waals surface area contributed by atoms with Crippen molar-refractivity contribution in [1.29, 1.82) is 0 Å². The molecule has 0 spiro atoms. The molecular formula is C14H18FN3O2S. The van der Waals surface area contributed by atoms with Crippen LogP contribution in [0.2, 0.25) is 0 Å². The van der Waals surface area contributed by atoms with Gasteiger partial charge in [-0.15, -0.1) is 0 Å². The van der Waals surface area contributed by atoms with Gasteiger partial charge in [-0.25, -0.2) is 17.8 Å². The molecule has 0 atom stereocenters. The predicted molar refractivity (Wildman–Crippen MR) is 80.5 cm³/mol. The van der Waals surface area contributed by atoms with E-state index in [1.807, 2.05) is 11.6 Å². The summed E-state index contributed by atoms with van der Waals surface area (Å²) >= 11 is 0. The quantitative estimate of drug-likeness (QED) is 0.937. The number of halogens is 1. The second kappa shape index (κ2) is 4.98. The number of hydrogen-bond donors (Lipinski definition) is 1. The van der Waals surface area contributed by atoms with Crippen LogP contribution in [0.4, 0.5) is 10.3 Å². The van der Waals surface area contributed by atoms with E-state index in [0.29, 0.717) is 36.8 Å². The van der Waals surface area contributed by atoms with Gasteiger partial charge in [-0.3, -0.25) is 0 Å². The minimum Gasteiger partial charge on any atom is -0.355 e. The third kappa shape index (κ3) is 2.74. The molecule has 1 saturated carbocycles. The highest BCUT2D eigenvalue weighted by Crippen LogP contribution is 2.32. The standard InChI is InChI=1S/C14H18FN3O2S/c1-18-13-4-3-10(15)7-12(13)17-14(18)16-8-9-5-11(6-9)21(2,19)20/h3-4,7,9,11H,5-6,8H2,1-2H3,(H,16,17). The number of aromatic nitrogens is 2. The molecular weight excluding hydrogens is 293 g/mol. The highest BCUT2D eigenvalue weighted by Gasteiger charge is 2.35. The first-order valence-electron chi connectivity index (χ1n) is 6.89. The Morgan fingerprint density at radius 2 is 2.14 bits per heavy atom. The summed E-state index contributed by atoms with van der Waals surface area (Å²) in [5.41, 5.74) is 1.48. The topological polar surface area (TPSA) is 64.0 Å². The molecule has 0 radical (unpaired) electrons. The lowest BCUT2D eigenvalue weighted by Crippen LogP contribution is -2.38. The molecule has 5 nitrogen and oxygen atoms in total. The number of imidazole rings is 1. The number of fused-ring (bicyclic) bond motifs is 1. The number of anilines is 1. The molecule has 1 N–H and O–H groups in total. The van der Waals surface area contributed by atoms with Gasteiger partial charge in [-0.2, -0.15) is 0 Å². The summed E-state index contributed by atoms with van der Waals surface area (Å²) < 4.78 is 37.8. The van der Waals surface area contributed by atoms with E-state index in [1.165, 1.54) is 18.4 Å². The van der Waals surface area contributed by atoms with Gasteiger partial charge in [0.25, 0.3) is 0 Å². The summed E-state index contributed by atoms with van der Waals surface area (Å²) in [6.45, 7) is 0.686. The Kier molecular flexibility index (Phi) is 3.39. The van der Waals surface area contributed by atoms with Gasteiger partial charge in [-0.1, -0.05) is 0 Å². The SMILES string of the molecule is Cn1c(NCC2CC(S(C)(=O)=O)C2)nc2cc(F)ccc21. The zero-order chi connectivity index (χ0) is 15.2. The average Bonchev–Trinajstić information content (AvgIpc) is 2.62. The molecule has 0 bridgehead atoms. The number of aryl methyl sites for hydroxylation is 1. The maximum Gasteiger partial charge on any atom is 0.203 e. The molecule has 0 saturated heterocycles. The Bertz CT molecular complexity index is 779. The Balaban J connectivity index is 1.66. The number of nitrogens with zero attached hydrogens (tertiary/aromatic N) is 2. The monoisotopic (exact) mass is 311 g/mol. The lowest BCUT2D eigenvalue weighted by molar-refractivity contribution is 0.332. The lowest BCUT2D eigenvalue weighted by atomic mass is 9.85. The van der Waals surface area contributed by atoms with Gasteiger partial charge in [0, 0.05) is 25.9 Å². The molecule has 1 aliphatic carbocycles. The van der Waals surface area contributed by atoms with Crippen molar-refractivity contribution < 1.29 is 12.8 Å². The Hall–Kier alpha value is -1.63. The normalized spacial score (nSPS) is 22.2. The zero-order valence-electron chi connectivity index (χ0n) is 12.0. The van der Waals surface area contributed by atoms with Gasteiger partial charge < -0.3 is 9.88 Å². The maximum atomic E-state index is 13.2. The molecule has 0 unspecified atom stereocenters. The van der Waals surface area contributed by atoms with Gasteiger partial charge >= 0.3 is 0 Å². The largest absolute Gasteiger partial charge is 0.355 e. The van der Waals surface area contributed by atoms with Crippen molar-refractivity contribution in [3.8, 4) is 0 Å². The van der Waals surface area contributed by atoms with Crippen LogP contribution in [0.3, 0.4) is 0 Å². The Morgan fingerprint density at radius 3 is 2.81 bits per heavy atom. The highest BCUT2D eigenvalue weighted by atomic mass is 32.2. The molecule has 0 amide bonds. The van der Waals surface area contributed by atoms with Crippen molar-refractivity contribution in [2.75, 3.05) is 18.1 Å². The number of nitrogens with one attached hydrogen (secondary N) is 1. The fraction of sp³-hybridized carbons (Fsp3) is 0.500. The first kappa shape index (κ1) is 14.3. The van der Waals surface area contributed by atoms with E-state index < -0.39 is 9.84 Å². The minimum absolute atomic E-state index is 0.196. The van der Waals surface area contributed by atoms with Crippen LogP contribution in [0.5, 0.6) is 0 Å². The third-order valence-electron chi connectivity index (χ3n) is 4.19. The van der Waals surface area contributed by atoms with E-state index in [0.717, 1.165) is 5.52 Å².